The summed E-state index contributed by atoms with van der Waals surface area (Å²) in [6.07, 6.45) is 3.51. The predicted molar refractivity (Wildman–Crippen MR) is 112 cm³/mol. The summed E-state index contributed by atoms with van der Waals surface area (Å²) in [5.41, 5.74) is 1.12. The van der Waals surface area contributed by atoms with Gasteiger partial charge in [0.15, 0.2) is 0 Å². The Bertz CT molecular complexity index is 821. The highest BCUT2D eigenvalue weighted by Crippen LogP contribution is 2.12. The second kappa shape index (κ2) is 9.83. The summed E-state index contributed by atoms with van der Waals surface area (Å²) in [5, 5.41) is 5.65. The van der Waals surface area contributed by atoms with Crippen molar-refractivity contribution in [2.75, 3.05) is 63.6 Å². The topological polar surface area (TPSA) is 93.7 Å². The standard InChI is InChI=1S/C20H27N7O2/c1-25(2)18(28)16-5-3-6-17(15-16)24-20(29)23-9-10-26-11-13-27(14-12-26)19-21-7-4-8-22-19/h3-8,15H,9-14H2,1-2H3,(H2,23,24,29). The highest BCUT2D eigenvalue weighted by atomic mass is 16.2. The van der Waals surface area contributed by atoms with Crippen LogP contribution in [0.3, 0.4) is 0 Å². The molecule has 2 N–H and O–H groups in total. The monoisotopic (exact) mass is 397 g/mol. The number of benzene rings is 1. The van der Waals surface area contributed by atoms with E-state index in [9.17, 15) is 9.59 Å². The Hall–Kier alpha value is -3.20. The van der Waals surface area contributed by atoms with Gasteiger partial charge in [0.25, 0.3) is 5.91 Å². The number of urea groups is 1. The lowest BCUT2D eigenvalue weighted by Gasteiger charge is -2.34. The van der Waals surface area contributed by atoms with Crippen LogP contribution in [0.2, 0.25) is 0 Å². The molecular formula is C20H27N7O2. The Kier molecular flexibility index (Phi) is 6.96. The van der Waals surface area contributed by atoms with Crippen LogP contribution in [-0.2, 0) is 0 Å². The largest absolute Gasteiger partial charge is 0.345 e. The minimum absolute atomic E-state index is 0.103. The van der Waals surface area contributed by atoms with Crippen molar-refractivity contribution in [1.29, 1.82) is 0 Å². The first-order valence-electron chi connectivity index (χ1n) is 9.64. The number of nitrogens with zero attached hydrogens (tertiary/aromatic N) is 5. The van der Waals surface area contributed by atoms with Crippen molar-refractivity contribution >= 4 is 23.6 Å². The summed E-state index contributed by atoms with van der Waals surface area (Å²) in [4.78, 5) is 38.7. The van der Waals surface area contributed by atoms with E-state index in [0.29, 0.717) is 17.8 Å². The molecule has 0 bridgehead atoms. The first kappa shape index (κ1) is 20.5. The summed E-state index contributed by atoms with van der Waals surface area (Å²) >= 11 is 0. The molecule has 1 aromatic heterocycles. The molecule has 1 aromatic carbocycles. The molecule has 1 aliphatic heterocycles. The average molecular weight is 397 g/mol. The second-order valence-corrected chi connectivity index (χ2v) is 7.04. The van der Waals surface area contributed by atoms with Gasteiger partial charge in [-0.2, -0.15) is 0 Å². The molecule has 2 heterocycles. The van der Waals surface area contributed by atoms with Crippen molar-refractivity contribution < 1.29 is 9.59 Å². The first-order valence-corrected chi connectivity index (χ1v) is 9.64. The molecule has 0 saturated carbocycles. The zero-order valence-corrected chi connectivity index (χ0v) is 16.8. The predicted octanol–water partition coefficient (Wildman–Crippen LogP) is 1.12. The van der Waals surface area contributed by atoms with Crippen molar-refractivity contribution in [3.8, 4) is 0 Å². The molecule has 3 amide bonds. The lowest BCUT2D eigenvalue weighted by Crippen LogP contribution is -2.49. The van der Waals surface area contributed by atoms with Gasteiger partial charge in [0.1, 0.15) is 0 Å². The van der Waals surface area contributed by atoms with Gasteiger partial charge in [-0.3, -0.25) is 9.69 Å². The molecule has 3 rings (SSSR count). The van der Waals surface area contributed by atoms with Crippen molar-refractivity contribution in [3.05, 3.63) is 48.3 Å². The highest BCUT2D eigenvalue weighted by Gasteiger charge is 2.18. The Balaban J connectivity index is 1.39. The number of aromatic nitrogens is 2. The van der Waals surface area contributed by atoms with Crippen LogP contribution in [-0.4, -0.2) is 85.1 Å². The normalized spacial score (nSPS) is 14.3. The molecule has 1 saturated heterocycles. The van der Waals surface area contributed by atoms with Crippen LogP contribution in [0.25, 0.3) is 0 Å². The Morgan fingerprint density at radius 3 is 2.48 bits per heavy atom. The number of nitrogens with one attached hydrogen (secondary N) is 2. The van der Waals surface area contributed by atoms with Gasteiger partial charge in [-0.1, -0.05) is 6.07 Å². The van der Waals surface area contributed by atoms with Crippen LogP contribution >= 0.6 is 0 Å². The number of piperazine rings is 1. The van der Waals surface area contributed by atoms with Crippen LogP contribution in [0, 0.1) is 0 Å². The van der Waals surface area contributed by atoms with Gasteiger partial charge < -0.3 is 20.4 Å². The number of carbonyl (C=O) groups is 2. The van der Waals surface area contributed by atoms with E-state index in [-0.39, 0.29) is 11.9 Å². The zero-order chi connectivity index (χ0) is 20.6. The van der Waals surface area contributed by atoms with Crippen LogP contribution in [0.1, 0.15) is 10.4 Å². The molecule has 9 nitrogen and oxygen atoms in total. The number of amides is 3. The molecule has 0 radical (unpaired) electrons. The third kappa shape index (κ3) is 5.89. The summed E-state index contributed by atoms with van der Waals surface area (Å²) in [7, 11) is 3.39. The van der Waals surface area contributed by atoms with Crippen LogP contribution in [0.5, 0.6) is 0 Å². The molecule has 0 atom stereocenters. The molecule has 1 aliphatic rings. The van der Waals surface area contributed by atoms with Crippen molar-refractivity contribution in [1.82, 2.24) is 25.1 Å². The van der Waals surface area contributed by atoms with Gasteiger partial charge in [0.05, 0.1) is 0 Å². The molecule has 29 heavy (non-hydrogen) atoms. The quantitative estimate of drug-likeness (QED) is 0.759. The Morgan fingerprint density at radius 1 is 1.07 bits per heavy atom. The van der Waals surface area contributed by atoms with E-state index in [1.165, 1.54) is 4.90 Å². The fraction of sp³-hybridized carbons (Fsp3) is 0.400. The van der Waals surface area contributed by atoms with E-state index < -0.39 is 0 Å². The average Bonchev–Trinajstić information content (AvgIpc) is 2.74. The third-order valence-corrected chi connectivity index (χ3v) is 4.69. The number of carbonyl (C=O) groups excluding carboxylic acids is 2. The SMILES string of the molecule is CN(C)C(=O)c1cccc(NC(=O)NCCN2CCN(c3ncccn3)CC2)c1. The van der Waals surface area contributed by atoms with Gasteiger partial charge in [-0.25, -0.2) is 14.8 Å². The lowest BCUT2D eigenvalue weighted by atomic mass is 10.2. The number of hydrogen-bond donors (Lipinski definition) is 2. The fourth-order valence-corrected chi connectivity index (χ4v) is 3.12. The molecule has 1 fully saturated rings. The summed E-state index contributed by atoms with van der Waals surface area (Å²) in [5.74, 6) is 0.661. The van der Waals surface area contributed by atoms with E-state index >= 15 is 0 Å². The maximum absolute atomic E-state index is 12.1. The molecule has 0 unspecified atom stereocenters. The first-order chi connectivity index (χ1) is 14.0. The van der Waals surface area contributed by atoms with Gasteiger partial charge in [-0.15, -0.1) is 0 Å². The van der Waals surface area contributed by atoms with Gasteiger partial charge in [0.2, 0.25) is 5.95 Å². The molecule has 0 spiro atoms. The van der Waals surface area contributed by atoms with E-state index in [1.807, 2.05) is 6.07 Å². The molecule has 9 heteroatoms. The van der Waals surface area contributed by atoms with Crippen molar-refractivity contribution in [2.45, 2.75) is 0 Å². The number of anilines is 2. The lowest BCUT2D eigenvalue weighted by molar-refractivity contribution is 0.0827. The molecule has 2 aromatic rings. The molecule has 154 valence electrons. The fourth-order valence-electron chi connectivity index (χ4n) is 3.12. The van der Waals surface area contributed by atoms with Gasteiger partial charge in [0, 0.05) is 77.0 Å². The van der Waals surface area contributed by atoms with Crippen LogP contribution < -0.4 is 15.5 Å². The van der Waals surface area contributed by atoms with E-state index in [2.05, 4.69) is 30.4 Å². The minimum Gasteiger partial charge on any atom is -0.345 e. The highest BCUT2D eigenvalue weighted by molar-refractivity contribution is 5.96. The van der Waals surface area contributed by atoms with Crippen LogP contribution in [0.15, 0.2) is 42.7 Å². The number of rotatable bonds is 6. The smallest absolute Gasteiger partial charge is 0.319 e. The van der Waals surface area contributed by atoms with Gasteiger partial charge >= 0.3 is 6.03 Å². The maximum atomic E-state index is 12.1. The Labute approximate surface area is 170 Å². The van der Waals surface area contributed by atoms with Gasteiger partial charge in [-0.05, 0) is 24.3 Å². The molecule has 0 aliphatic carbocycles. The van der Waals surface area contributed by atoms with E-state index in [1.54, 1.807) is 50.8 Å². The Morgan fingerprint density at radius 2 is 1.79 bits per heavy atom. The number of hydrogen-bond acceptors (Lipinski definition) is 6. The molecular weight excluding hydrogens is 370 g/mol. The maximum Gasteiger partial charge on any atom is 0.319 e. The summed E-state index contributed by atoms with van der Waals surface area (Å²) in [6, 6.07) is 8.44. The van der Waals surface area contributed by atoms with E-state index in [4.69, 9.17) is 0 Å². The second-order valence-electron chi connectivity index (χ2n) is 7.04. The minimum atomic E-state index is -0.282. The van der Waals surface area contributed by atoms with Crippen molar-refractivity contribution in [2.24, 2.45) is 0 Å². The zero-order valence-electron chi connectivity index (χ0n) is 16.8. The summed E-state index contributed by atoms with van der Waals surface area (Å²) < 4.78 is 0. The van der Waals surface area contributed by atoms with E-state index in [0.717, 1.165) is 38.7 Å². The van der Waals surface area contributed by atoms with Crippen molar-refractivity contribution in [3.63, 3.8) is 0 Å². The third-order valence-electron chi connectivity index (χ3n) is 4.69. The summed E-state index contributed by atoms with van der Waals surface area (Å²) in [6.45, 7) is 4.85. The van der Waals surface area contributed by atoms with Crippen LogP contribution in [0.4, 0.5) is 16.4 Å².